The predicted molar refractivity (Wildman–Crippen MR) is 140 cm³/mol. The molecular formula is C30H33FO6. The molecule has 3 aromatic rings. The molecule has 196 valence electrons. The molecule has 0 saturated carbocycles. The number of aliphatic hydroxyl groups excluding tert-OH is 1. The summed E-state index contributed by atoms with van der Waals surface area (Å²) < 4.78 is 16.0. The summed E-state index contributed by atoms with van der Waals surface area (Å²) in [5.74, 6) is -0.269. The number of benzene rings is 3. The molecular weight excluding hydrogens is 475 g/mol. The van der Waals surface area contributed by atoms with E-state index in [0.29, 0.717) is 29.0 Å². The summed E-state index contributed by atoms with van der Waals surface area (Å²) in [5, 5.41) is 8.95. The topological polar surface area (TPSA) is 74.2 Å². The fraction of sp³-hybridized carbons (Fsp3) is 0.300. The fourth-order valence-electron chi connectivity index (χ4n) is 3.95. The van der Waals surface area contributed by atoms with Gasteiger partial charge in [0.25, 0.3) is 0 Å². The molecule has 0 heterocycles. The molecule has 0 aromatic heterocycles. The van der Waals surface area contributed by atoms with Gasteiger partial charge in [0.05, 0.1) is 19.3 Å². The average Bonchev–Trinajstić information content (AvgIpc) is 2.93. The van der Waals surface area contributed by atoms with Gasteiger partial charge in [-0.1, -0.05) is 75.6 Å². The van der Waals surface area contributed by atoms with Crippen molar-refractivity contribution >= 4 is 5.97 Å². The number of aliphatic hydroxyl groups is 1. The molecule has 6 nitrogen and oxygen atoms in total. The van der Waals surface area contributed by atoms with Crippen LogP contribution in [0.4, 0.5) is 4.39 Å². The summed E-state index contributed by atoms with van der Waals surface area (Å²) in [4.78, 5) is 31.0. The summed E-state index contributed by atoms with van der Waals surface area (Å²) in [6.45, 7) is 5.04. The van der Waals surface area contributed by atoms with E-state index in [1.807, 2.05) is 6.07 Å². The Morgan fingerprint density at radius 3 is 2.00 bits per heavy atom. The lowest BCUT2D eigenvalue weighted by molar-refractivity contribution is -0.209. The zero-order chi connectivity index (χ0) is 26.6. The van der Waals surface area contributed by atoms with Crippen LogP contribution in [0.2, 0.25) is 0 Å². The van der Waals surface area contributed by atoms with Gasteiger partial charge < -0.3 is 9.99 Å². The van der Waals surface area contributed by atoms with Gasteiger partial charge in [-0.2, -0.15) is 4.89 Å². The first-order chi connectivity index (χ1) is 18.0. The van der Waals surface area contributed by atoms with Crippen LogP contribution in [-0.2, 0) is 21.0 Å². The van der Waals surface area contributed by atoms with E-state index >= 15 is 4.39 Å². The van der Waals surface area contributed by atoms with Crippen molar-refractivity contribution in [1.29, 1.82) is 0 Å². The van der Waals surface area contributed by atoms with E-state index in [0.717, 1.165) is 42.4 Å². The van der Waals surface area contributed by atoms with Gasteiger partial charge in [0, 0.05) is 5.56 Å². The molecule has 37 heavy (non-hydrogen) atoms. The van der Waals surface area contributed by atoms with Gasteiger partial charge in [-0.05, 0) is 59.4 Å². The smallest absolute Gasteiger partial charge is 0.383 e. The van der Waals surface area contributed by atoms with Gasteiger partial charge in [-0.3, -0.25) is 4.89 Å². The van der Waals surface area contributed by atoms with Crippen molar-refractivity contribution in [2.24, 2.45) is 0 Å². The van der Waals surface area contributed by atoms with E-state index in [1.165, 1.54) is 13.5 Å². The Kier molecular flexibility index (Phi) is 10.7. The standard InChI is InChI=1S/C30H33FO6/c1-4-5-6-7-8-9-28-26(22-10-16-25(17-11-22)36-37-30(33)21(2)20-32)18-19-27(29(28)31)23-12-14-24(15-13-23)35-34-3/h10-19,32H,2,4-9,20H2,1,3H3. The Labute approximate surface area is 217 Å². The Morgan fingerprint density at radius 1 is 0.838 bits per heavy atom. The molecule has 0 atom stereocenters. The Balaban J connectivity index is 1.86. The fourth-order valence-corrected chi connectivity index (χ4v) is 3.95. The Hall–Kier alpha value is -3.68. The van der Waals surface area contributed by atoms with Crippen molar-refractivity contribution in [3.8, 4) is 33.8 Å². The molecule has 0 saturated heterocycles. The first-order valence-corrected chi connectivity index (χ1v) is 12.4. The van der Waals surface area contributed by atoms with Crippen molar-refractivity contribution in [1.82, 2.24) is 0 Å². The normalized spacial score (nSPS) is 10.7. The number of rotatable bonds is 14. The maximum absolute atomic E-state index is 16.0. The van der Waals surface area contributed by atoms with Crippen LogP contribution in [0.1, 0.15) is 44.6 Å². The molecule has 0 fully saturated rings. The lowest BCUT2D eigenvalue weighted by atomic mass is 9.91. The highest BCUT2D eigenvalue weighted by Crippen LogP contribution is 2.35. The summed E-state index contributed by atoms with van der Waals surface area (Å²) in [6.07, 6.45) is 5.99. The molecule has 1 N–H and O–H groups in total. The zero-order valence-electron chi connectivity index (χ0n) is 21.3. The van der Waals surface area contributed by atoms with Crippen LogP contribution in [-0.4, -0.2) is 24.8 Å². The lowest BCUT2D eigenvalue weighted by Gasteiger charge is -2.15. The van der Waals surface area contributed by atoms with Crippen LogP contribution >= 0.6 is 0 Å². The third-order valence-electron chi connectivity index (χ3n) is 5.98. The van der Waals surface area contributed by atoms with Crippen LogP contribution in [0, 0.1) is 5.82 Å². The second-order valence-corrected chi connectivity index (χ2v) is 8.63. The van der Waals surface area contributed by atoms with Crippen molar-refractivity contribution in [2.45, 2.75) is 45.4 Å². The van der Waals surface area contributed by atoms with Crippen molar-refractivity contribution < 1.29 is 33.8 Å². The summed E-state index contributed by atoms with van der Waals surface area (Å²) >= 11 is 0. The van der Waals surface area contributed by atoms with Gasteiger partial charge in [-0.25, -0.2) is 14.1 Å². The number of halogens is 1. The molecule has 7 heteroatoms. The third kappa shape index (κ3) is 7.65. The molecule has 0 radical (unpaired) electrons. The maximum atomic E-state index is 16.0. The quantitative estimate of drug-likeness (QED) is 0.109. The van der Waals surface area contributed by atoms with Crippen LogP contribution in [0.15, 0.2) is 72.8 Å². The van der Waals surface area contributed by atoms with E-state index in [2.05, 4.69) is 23.3 Å². The summed E-state index contributed by atoms with van der Waals surface area (Å²) in [7, 11) is 1.43. The van der Waals surface area contributed by atoms with Gasteiger partial charge in [0.2, 0.25) is 0 Å². The second-order valence-electron chi connectivity index (χ2n) is 8.63. The van der Waals surface area contributed by atoms with Crippen LogP contribution < -0.4 is 9.78 Å². The minimum absolute atomic E-state index is 0.114. The highest BCUT2D eigenvalue weighted by molar-refractivity contribution is 5.87. The van der Waals surface area contributed by atoms with Crippen molar-refractivity contribution in [3.05, 3.63) is 84.2 Å². The average molecular weight is 509 g/mol. The van der Waals surface area contributed by atoms with E-state index in [-0.39, 0.29) is 11.4 Å². The molecule has 3 aromatic carbocycles. The molecule has 0 bridgehead atoms. The minimum Gasteiger partial charge on any atom is -0.391 e. The monoisotopic (exact) mass is 508 g/mol. The molecule has 0 aliphatic rings. The number of hydrogen-bond acceptors (Lipinski definition) is 6. The number of unbranched alkanes of at least 4 members (excludes halogenated alkanes) is 4. The Morgan fingerprint density at radius 2 is 1.41 bits per heavy atom. The van der Waals surface area contributed by atoms with Crippen LogP contribution in [0.5, 0.6) is 11.5 Å². The Bertz CT molecular complexity index is 1170. The molecule has 0 aliphatic carbocycles. The van der Waals surface area contributed by atoms with Crippen molar-refractivity contribution in [2.75, 3.05) is 13.7 Å². The molecule has 0 unspecified atom stereocenters. The van der Waals surface area contributed by atoms with Crippen molar-refractivity contribution in [3.63, 3.8) is 0 Å². The summed E-state index contributed by atoms with van der Waals surface area (Å²) in [5.41, 5.74) is 3.42. The van der Waals surface area contributed by atoms with Gasteiger partial charge in [0.15, 0.2) is 11.5 Å². The first-order valence-electron chi connectivity index (χ1n) is 12.4. The maximum Gasteiger partial charge on any atom is 0.383 e. The number of hydrogen-bond donors (Lipinski definition) is 1. The number of carbonyl (C=O) groups excluding carboxylic acids is 1. The van der Waals surface area contributed by atoms with E-state index in [1.54, 1.807) is 54.6 Å². The molecule has 3 rings (SSSR count). The van der Waals surface area contributed by atoms with Gasteiger partial charge in [-0.15, -0.1) is 0 Å². The van der Waals surface area contributed by atoms with E-state index in [4.69, 9.17) is 14.9 Å². The van der Waals surface area contributed by atoms with Crippen LogP contribution in [0.25, 0.3) is 22.3 Å². The number of carbonyl (C=O) groups is 1. The highest BCUT2D eigenvalue weighted by atomic mass is 19.1. The van der Waals surface area contributed by atoms with Gasteiger partial charge in [0.1, 0.15) is 5.82 Å². The largest absolute Gasteiger partial charge is 0.391 e. The minimum atomic E-state index is -0.851. The van der Waals surface area contributed by atoms with Gasteiger partial charge >= 0.3 is 5.97 Å². The first kappa shape index (κ1) is 27.9. The molecule has 0 aliphatic heterocycles. The molecule has 0 amide bonds. The SMILES string of the molecule is C=C(CO)C(=O)OOc1ccc(-c2ccc(-c3ccc(OOC)cc3)c(F)c2CCCCCCC)cc1. The molecule has 0 spiro atoms. The second kappa shape index (κ2) is 14.2. The lowest BCUT2D eigenvalue weighted by Crippen LogP contribution is -2.12. The third-order valence-corrected chi connectivity index (χ3v) is 5.98. The van der Waals surface area contributed by atoms with E-state index < -0.39 is 12.6 Å². The highest BCUT2D eigenvalue weighted by Gasteiger charge is 2.17. The van der Waals surface area contributed by atoms with Crippen LogP contribution in [0.3, 0.4) is 0 Å². The van der Waals surface area contributed by atoms with E-state index in [9.17, 15) is 4.79 Å². The zero-order valence-corrected chi connectivity index (χ0v) is 21.3. The summed E-state index contributed by atoms with van der Waals surface area (Å²) in [6, 6.07) is 17.6. The predicted octanol–water partition coefficient (Wildman–Crippen LogP) is 7.00.